The van der Waals surface area contributed by atoms with Crippen LogP contribution < -0.4 is 9.47 Å². The van der Waals surface area contributed by atoms with Crippen LogP contribution in [0.3, 0.4) is 0 Å². The van der Waals surface area contributed by atoms with Crippen LogP contribution in [0.5, 0.6) is 11.5 Å². The molecule has 8 nitrogen and oxygen atoms in total. The molecule has 0 radical (unpaired) electrons. The maximum Gasteiger partial charge on any atom is 0.419 e. The number of ether oxygens (including phenoxy) is 4. The SMILES string of the molecule is COc1ccc(C[C@H]2[C@H](O)C(=O)C=C(CCC3OCCO3)N2C(=O)Oc2ccccc2)cc1. The van der Waals surface area contributed by atoms with Gasteiger partial charge in [-0.1, -0.05) is 30.3 Å². The minimum absolute atomic E-state index is 0.258. The summed E-state index contributed by atoms with van der Waals surface area (Å²) in [7, 11) is 1.58. The smallest absolute Gasteiger partial charge is 0.419 e. The van der Waals surface area contributed by atoms with Crippen molar-refractivity contribution >= 4 is 11.9 Å². The fraction of sp³-hybridized carbons (Fsp3) is 0.360. The van der Waals surface area contributed by atoms with Gasteiger partial charge >= 0.3 is 6.09 Å². The summed E-state index contributed by atoms with van der Waals surface area (Å²) in [4.78, 5) is 27.3. The van der Waals surface area contributed by atoms with E-state index in [1.165, 1.54) is 11.0 Å². The second-order valence-electron chi connectivity index (χ2n) is 7.86. The molecule has 0 spiro atoms. The predicted molar refractivity (Wildman–Crippen MR) is 119 cm³/mol. The first-order chi connectivity index (χ1) is 16.0. The van der Waals surface area contributed by atoms with E-state index < -0.39 is 24.0 Å². The van der Waals surface area contributed by atoms with Crippen molar-refractivity contribution < 1.29 is 33.6 Å². The van der Waals surface area contributed by atoms with E-state index in [1.807, 2.05) is 18.2 Å². The van der Waals surface area contributed by atoms with Gasteiger partial charge in [-0.3, -0.25) is 9.69 Å². The number of nitrogens with zero attached hydrogens (tertiary/aromatic N) is 1. The van der Waals surface area contributed by atoms with Crippen LogP contribution in [0.1, 0.15) is 18.4 Å². The number of amides is 1. The van der Waals surface area contributed by atoms with Gasteiger partial charge in [-0.25, -0.2) is 4.79 Å². The number of aliphatic hydroxyl groups excluding tert-OH is 1. The quantitative estimate of drug-likeness (QED) is 0.688. The summed E-state index contributed by atoms with van der Waals surface area (Å²) in [5.74, 6) is 0.621. The molecular formula is C25H27NO7. The zero-order chi connectivity index (χ0) is 23.2. The molecule has 2 atom stereocenters. The number of benzene rings is 2. The van der Waals surface area contributed by atoms with Crippen molar-refractivity contribution in [3.8, 4) is 11.5 Å². The van der Waals surface area contributed by atoms with Crippen molar-refractivity contribution in [2.24, 2.45) is 0 Å². The van der Waals surface area contributed by atoms with Gasteiger partial charge in [0.1, 0.15) is 17.6 Å². The Hall–Kier alpha value is -3.20. The molecule has 33 heavy (non-hydrogen) atoms. The first-order valence-corrected chi connectivity index (χ1v) is 10.9. The highest BCUT2D eigenvalue weighted by Gasteiger charge is 2.40. The van der Waals surface area contributed by atoms with E-state index in [0.29, 0.717) is 43.3 Å². The Morgan fingerprint density at radius 2 is 1.76 bits per heavy atom. The summed E-state index contributed by atoms with van der Waals surface area (Å²) in [6, 6.07) is 15.1. The van der Waals surface area contributed by atoms with E-state index in [2.05, 4.69) is 0 Å². The van der Waals surface area contributed by atoms with Crippen LogP contribution in [0.2, 0.25) is 0 Å². The zero-order valence-corrected chi connectivity index (χ0v) is 18.4. The van der Waals surface area contributed by atoms with Crippen molar-refractivity contribution in [3.63, 3.8) is 0 Å². The van der Waals surface area contributed by atoms with Gasteiger partial charge in [-0.15, -0.1) is 0 Å². The molecule has 0 aliphatic carbocycles. The standard InChI is InChI=1S/C25H27NO7/c1-30-19-10-7-17(8-11-19)15-21-24(28)22(27)16-18(9-12-23-31-13-14-32-23)26(21)25(29)33-20-5-3-2-4-6-20/h2-8,10-11,16,21,23-24,28H,9,12-15H2,1H3/t21-,24-/m0/s1. The number of methoxy groups -OCH3 is 1. The lowest BCUT2D eigenvalue weighted by Gasteiger charge is -2.38. The molecule has 0 saturated carbocycles. The highest BCUT2D eigenvalue weighted by atomic mass is 16.7. The summed E-state index contributed by atoms with van der Waals surface area (Å²) >= 11 is 0. The van der Waals surface area contributed by atoms with E-state index in [1.54, 1.807) is 43.5 Å². The Morgan fingerprint density at radius 3 is 2.42 bits per heavy atom. The molecule has 2 aromatic carbocycles. The number of hydrogen-bond acceptors (Lipinski definition) is 7. The highest BCUT2D eigenvalue weighted by Crippen LogP contribution is 2.29. The Morgan fingerprint density at radius 1 is 1.06 bits per heavy atom. The van der Waals surface area contributed by atoms with Crippen LogP contribution in [0.25, 0.3) is 0 Å². The minimum Gasteiger partial charge on any atom is -0.497 e. The fourth-order valence-corrected chi connectivity index (χ4v) is 3.99. The van der Waals surface area contributed by atoms with E-state index in [4.69, 9.17) is 18.9 Å². The van der Waals surface area contributed by atoms with Gasteiger partial charge < -0.3 is 24.1 Å². The lowest BCUT2D eigenvalue weighted by Crippen LogP contribution is -2.54. The molecule has 1 saturated heterocycles. The Bertz CT molecular complexity index is 984. The number of allylic oxidation sites excluding steroid dienone is 1. The molecule has 0 unspecified atom stereocenters. The van der Waals surface area contributed by atoms with Crippen LogP contribution in [0, 0.1) is 0 Å². The van der Waals surface area contributed by atoms with Crippen LogP contribution >= 0.6 is 0 Å². The van der Waals surface area contributed by atoms with E-state index in [-0.39, 0.29) is 12.7 Å². The summed E-state index contributed by atoms with van der Waals surface area (Å²) in [6.45, 7) is 1.03. The Kier molecular flexibility index (Phi) is 7.39. The third-order valence-electron chi connectivity index (χ3n) is 5.68. The molecule has 2 aromatic rings. The number of ketones is 1. The van der Waals surface area contributed by atoms with E-state index in [9.17, 15) is 14.7 Å². The van der Waals surface area contributed by atoms with Crippen LogP contribution in [0.15, 0.2) is 66.4 Å². The van der Waals surface area contributed by atoms with Crippen molar-refractivity contribution in [1.82, 2.24) is 4.90 Å². The number of hydrogen-bond donors (Lipinski definition) is 1. The van der Waals surface area contributed by atoms with Gasteiger partial charge in [0.2, 0.25) is 0 Å². The molecule has 1 amide bonds. The fourth-order valence-electron chi connectivity index (χ4n) is 3.99. The van der Waals surface area contributed by atoms with E-state index >= 15 is 0 Å². The van der Waals surface area contributed by atoms with Crippen LogP contribution in [-0.4, -0.2) is 60.6 Å². The summed E-state index contributed by atoms with van der Waals surface area (Å²) < 4.78 is 21.8. The second kappa shape index (κ2) is 10.6. The van der Waals surface area contributed by atoms with Crippen molar-refractivity contribution in [3.05, 3.63) is 71.9 Å². The second-order valence-corrected chi connectivity index (χ2v) is 7.86. The topological polar surface area (TPSA) is 94.5 Å². The Labute approximate surface area is 192 Å². The molecule has 1 N–H and O–H groups in total. The van der Waals surface area contributed by atoms with Crippen molar-refractivity contribution in [1.29, 1.82) is 0 Å². The first-order valence-electron chi connectivity index (χ1n) is 10.9. The zero-order valence-electron chi connectivity index (χ0n) is 18.4. The molecule has 2 heterocycles. The molecule has 0 bridgehead atoms. The third kappa shape index (κ3) is 5.60. The summed E-state index contributed by atoms with van der Waals surface area (Å²) in [5, 5.41) is 10.8. The molecule has 8 heteroatoms. The van der Waals surface area contributed by atoms with Crippen LogP contribution in [0.4, 0.5) is 4.79 Å². The van der Waals surface area contributed by atoms with Crippen LogP contribution in [-0.2, 0) is 20.7 Å². The predicted octanol–water partition coefficient (Wildman–Crippen LogP) is 3.09. The maximum absolute atomic E-state index is 13.3. The lowest BCUT2D eigenvalue weighted by atomic mass is 9.92. The molecular weight excluding hydrogens is 426 g/mol. The molecule has 2 aliphatic rings. The molecule has 2 aliphatic heterocycles. The number of carbonyl (C=O) groups excluding carboxylic acids is 2. The number of para-hydroxylation sites is 1. The first kappa shape index (κ1) is 23.0. The van der Waals surface area contributed by atoms with Crippen molar-refractivity contribution in [2.75, 3.05) is 20.3 Å². The normalized spacial score (nSPS) is 21.1. The summed E-state index contributed by atoms with van der Waals surface area (Å²) in [5.41, 5.74) is 1.30. The largest absolute Gasteiger partial charge is 0.497 e. The van der Waals surface area contributed by atoms with Gasteiger partial charge in [0.25, 0.3) is 0 Å². The summed E-state index contributed by atoms with van der Waals surface area (Å²) in [6.07, 6.45) is -0.0276. The van der Waals surface area contributed by atoms with Gasteiger partial charge in [0.05, 0.1) is 26.4 Å². The average Bonchev–Trinajstić information content (AvgIpc) is 3.35. The maximum atomic E-state index is 13.3. The van der Waals surface area contributed by atoms with E-state index in [0.717, 1.165) is 5.56 Å². The van der Waals surface area contributed by atoms with Gasteiger partial charge in [-0.2, -0.15) is 0 Å². The molecule has 0 aromatic heterocycles. The highest BCUT2D eigenvalue weighted by molar-refractivity contribution is 5.97. The lowest BCUT2D eigenvalue weighted by molar-refractivity contribution is -0.126. The number of rotatable bonds is 7. The molecule has 1 fully saturated rings. The monoisotopic (exact) mass is 453 g/mol. The molecule has 4 rings (SSSR count). The minimum atomic E-state index is -1.38. The Balaban J connectivity index is 1.60. The number of carbonyl (C=O) groups is 2. The van der Waals surface area contributed by atoms with Gasteiger partial charge in [0.15, 0.2) is 12.1 Å². The van der Waals surface area contributed by atoms with Gasteiger partial charge in [0, 0.05) is 18.2 Å². The average molecular weight is 453 g/mol. The third-order valence-corrected chi connectivity index (χ3v) is 5.68. The van der Waals surface area contributed by atoms with Gasteiger partial charge in [-0.05, 0) is 42.7 Å². The number of aliphatic hydroxyl groups is 1. The molecule has 174 valence electrons. The van der Waals surface area contributed by atoms with Crippen molar-refractivity contribution in [2.45, 2.75) is 37.7 Å².